The van der Waals surface area contributed by atoms with E-state index in [1.54, 1.807) is 6.08 Å². The Morgan fingerprint density at radius 3 is 2.86 bits per heavy atom. The van der Waals surface area contributed by atoms with Crippen molar-refractivity contribution in [3.63, 3.8) is 0 Å². The van der Waals surface area contributed by atoms with Crippen LogP contribution in [-0.4, -0.2) is 52.8 Å². The molecule has 0 unspecified atom stereocenters. The van der Waals surface area contributed by atoms with E-state index in [0.717, 1.165) is 12.0 Å². The monoisotopic (exact) mass is 388 g/mol. The summed E-state index contributed by atoms with van der Waals surface area (Å²) in [6.07, 6.45) is 6.16. The van der Waals surface area contributed by atoms with Gasteiger partial charge >= 0.3 is 5.97 Å². The van der Waals surface area contributed by atoms with Gasteiger partial charge in [0.1, 0.15) is 18.5 Å². The zero-order valence-electron chi connectivity index (χ0n) is 15.8. The molecule has 1 aliphatic heterocycles. The number of aliphatic carboxylic acids is 1. The minimum atomic E-state index is -0.812. The average Bonchev–Trinajstić information content (AvgIpc) is 2.85. The largest absolute Gasteiger partial charge is 0.491 e. The van der Waals surface area contributed by atoms with Gasteiger partial charge < -0.3 is 24.8 Å². The highest BCUT2D eigenvalue weighted by Gasteiger charge is 2.42. The summed E-state index contributed by atoms with van der Waals surface area (Å²) in [6.45, 7) is 0.568. The number of fused-ring (bicyclic) bond motifs is 1. The van der Waals surface area contributed by atoms with Crippen LogP contribution < -0.4 is 4.74 Å². The van der Waals surface area contributed by atoms with Crippen molar-refractivity contribution in [1.82, 2.24) is 0 Å². The predicted octanol–water partition coefficient (Wildman–Crippen LogP) is 2.56. The minimum absolute atomic E-state index is 0.0547. The third-order valence-corrected chi connectivity index (χ3v) is 5.43. The number of carboxylic acids is 1. The molecule has 5 atom stereocenters. The maximum absolute atomic E-state index is 10.8. The van der Waals surface area contributed by atoms with Crippen molar-refractivity contribution in [2.24, 2.45) is 11.8 Å². The van der Waals surface area contributed by atoms with Gasteiger partial charge in [-0.3, -0.25) is 4.79 Å². The molecule has 0 saturated heterocycles. The number of carbonyl (C=O) groups is 1. The Kier molecular flexibility index (Phi) is 7.25. The predicted molar refractivity (Wildman–Crippen MR) is 104 cm³/mol. The molecule has 1 aliphatic carbocycles. The fraction of sp³-hybridized carbons (Fsp3) is 0.500. The molecule has 1 saturated carbocycles. The van der Waals surface area contributed by atoms with E-state index < -0.39 is 18.2 Å². The van der Waals surface area contributed by atoms with Gasteiger partial charge in [-0.25, -0.2) is 0 Å². The Morgan fingerprint density at radius 2 is 2.11 bits per heavy atom. The molecule has 0 bridgehead atoms. The topological polar surface area (TPSA) is 96.2 Å². The Bertz CT molecular complexity index is 698. The van der Waals surface area contributed by atoms with Crippen molar-refractivity contribution >= 4 is 5.97 Å². The Morgan fingerprint density at radius 1 is 1.32 bits per heavy atom. The third kappa shape index (κ3) is 5.67. The molecule has 1 aromatic carbocycles. The summed E-state index contributed by atoms with van der Waals surface area (Å²) in [7, 11) is 0. The smallest absolute Gasteiger partial charge is 0.303 e. The van der Waals surface area contributed by atoms with Crippen molar-refractivity contribution in [2.45, 2.75) is 44.0 Å². The van der Waals surface area contributed by atoms with Gasteiger partial charge in [-0.2, -0.15) is 0 Å². The summed E-state index contributed by atoms with van der Waals surface area (Å²) in [6, 6.07) is 9.31. The lowest BCUT2D eigenvalue weighted by Crippen LogP contribution is -2.22. The molecule has 1 aromatic rings. The van der Waals surface area contributed by atoms with E-state index in [0.29, 0.717) is 25.2 Å². The first kappa shape index (κ1) is 20.6. The fourth-order valence-electron chi connectivity index (χ4n) is 3.90. The maximum atomic E-state index is 10.8. The van der Waals surface area contributed by atoms with E-state index in [4.69, 9.17) is 14.6 Å². The lowest BCUT2D eigenvalue weighted by Gasteiger charge is -2.20. The van der Waals surface area contributed by atoms with Crippen LogP contribution in [0, 0.1) is 11.8 Å². The van der Waals surface area contributed by atoms with E-state index in [1.165, 1.54) is 0 Å². The molecule has 6 heteroatoms. The molecule has 152 valence electrons. The van der Waals surface area contributed by atoms with Gasteiger partial charge in [0.15, 0.2) is 0 Å². The number of carboxylic acid groups (broad SMARTS) is 1. The molecule has 3 rings (SSSR count). The molecule has 0 radical (unpaired) electrons. The van der Waals surface area contributed by atoms with Crippen LogP contribution in [0.25, 0.3) is 0 Å². The second kappa shape index (κ2) is 9.87. The number of para-hydroxylation sites is 1. The molecule has 1 heterocycles. The highest BCUT2D eigenvalue weighted by Crippen LogP contribution is 2.40. The van der Waals surface area contributed by atoms with Crippen LogP contribution in [0.4, 0.5) is 0 Å². The van der Waals surface area contributed by atoms with Gasteiger partial charge in [0.25, 0.3) is 0 Å². The van der Waals surface area contributed by atoms with Crippen molar-refractivity contribution in [2.75, 3.05) is 13.2 Å². The summed E-state index contributed by atoms with van der Waals surface area (Å²) < 4.78 is 11.5. The normalized spacial score (nSPS) is 28.4. The second-order valence-electron chi connectivity index (χ2n) is 7.46. The van der Waals surface area contributed by atoms with Crippen LogP contribution in [0.1, 0.15) is 25.7 Å². The van der Waals surface area contributed by atoms with Crippen molar-refractivity contribution in [3.8, 4) is 5.75 Å². The van der Waals surface area contributed by atoms with E-state index in [-0.39, 0.29) is 31.0 Å². The Labute approximate surface area is 165 Å². The highest BCUT2D eigenvalue weighted by molar-refractivity contribution is 5.67. The average molecular weight is 388 g/mol. The molecule has 1 fully saturated rings. The second-order valence-corrected chi connectivity index (χ2v) is 7.46. The van der Waals surface area contributed by atoms with Crippen LogP contribution >= 0.6 is 0 Å². The first-order valence-electron chi connectivity index (χ1n) is 9.76. The third-order valence-electron chi connectivity index (χ3n) is 5.43. The first-order valence-corrected chi connectivity index (χ1v) is 9.76. The molecule has 0 amide bonds. The van der Waals surface area contributed by atoms with Crippen LogP contribution in [0.15, 0.2) is 54.1 Å². The number of rotatable bonds is 8. The van der Waals surface area contributed by atoms with E-state index >= 15 is 0 Å². The molecule has 6 nitrogen and oxygen atoms in total. The molecule has 0 aromatic heterocycles. The highest BCUT2D eigenvalue weighted by atomic mass is 16.5. The number of allylic oxidation sites excluding steroid dienone is 1. The zero-order valence-corrected chi connectivity index (χ0v) is 15.8. The molecule has 0 spiro atoms. The number of aliphatic hydroxyl groups is 2. The molecule has 28 heavy (non-hydrogen) atoms. The zero-order chi connectivity index (χ0) is 19.9. The summed E-state index contributed by atoms with van der Waals surface area (Å²) in [5, 5.41) is 29.5. The van der Waals surface area contributed by atoms with E-state index in [2.05, 4.69) is 6.08 Å². The summed E-state index contributed by atoms with van der Waals surface area (Å²) in [4.78, 5) is 10.8. The first-order chi connectivity index (χ1) is 13.5. The lowest BCUT2D eigenvalue weighted by atomic mass is 9.89. The molecule has 3 N–H and O–H groups in total. The summed E-state index contributed by atoms with van der Waals surface area (Å²) >= 11 is 0. The quantitative estimate of drug-likeness (QED) is 0.593. The van der Waals surface area contributed by atoms with E-state index in [9.17, 15) is 15.0 Å². The lowest BCUT2D eigenvalue weighted by molar-refractivity contribution is -0.137. The fourth-order valence-corrected chi connectivity index (χ4v) is 3.90. The van der Waals surface area contributed by atoms with Crippen molar-refractivity contribution < 1.29 is 29.6 Å². The standard InChI is InChI=1S/C22H28O6/c23-16(14-27-17-4-2-1-3-5-17)8-10-18-19-9-6-15(7-11-22(25)26)13-28-21(19)12-20(18)24/h1-6,8,10,16,18-21,23-24H,7,9,11-14H2,(H,25,26)/b10-8+/t16-,18-,19-,20-,21+/m1/s1. The summed E-state index contributed by atoms with van der Waals surface area (Å²) in [5.74, 6) is -0.0948. The van der Waals surface area contributed by atoms with Gasteiger partial charge in [-0.1, -0.05) is 36.4 Å². The van der Waals surface area contributed by atoms with Gasteiger partial charge in [-0.15, -0.1) is 0 Å². The van der Waals surface area contributed by atoms with Crippen molar-refractivity contribution in [3.05, 3.63) is 54.1 Å². The van der Waals surface area contributed by atoms with Gasteiger partial charge in [0, 0.05) is 18.8 Å². The van der Waals surface area contributed by atoms with Crippen LogP contribution in [0.5, 0.6) is 5.75 Å². The van der Waals surface area contributed by atoms with Crippen molar-refractivity contribution in [1.29, 1.82) is 0 Å². The number of ether oxygens (including phenoxy) is 2. The Balaban J connectivity index is 1.55. The van der Waals surface area contributed by atoms with E-state index in [1.807, 2.05) is 36.4 Å². The van der Waals surface area contributed by atoms with Crippen LogP contribution in [0.2, 0.25) is 0 Å². The van der Waals surface area contributed by atoms with Crippen LogP contribution in [0.3, 0.4) is 0 Å². The van der Waals surface area contributed by atoms with Gasteiger partial charge in [0.05, 0.1) is 18.8 Å². The van der Waals surface area contributed by atoms with Crippen LogP contribution in [-0.2, 0) is 9.53 Å². The summed E-state index contributed by atoms with van der Waals surface area (Å²) in [5.41, 5.74) is 1.00. The molecule has 2 aliphatic rings. The van der Waals surface area contributed by atoms with Gasteiger partial charge in [0.2, 0.25) is 0 Å². The number of benzene rings is 1. The molecular formula is C22H28O6. The number of hydrogen-bond donors (Lipinski definition) is 3. The SMILES string of the molecule is O=C(O)CCC1=CC[C@@H]2[C@@H](/C=C/[C@@H](O)COc3ccccc3)[C@H](O)C[C@@H]2OC1. The Hall–Kier alpha value is -2.15. The minimum Gasteiger partial charge on any atom is -0.491 e. The molecular weight excluding hydrogens is 360 g/mol. The number of hydrogen-bond acceptors (Lipinski definition) is 5. The number of aliphatic hydroxyl groups excluding tert-OH is 2. The van der Waals surface area contributed by atoms with Gasteiger partial charge in [-0.05, 0) is 36.5 Å². The maximum Gasteiger partial charge on any atom is 0.303 e.